The number of nitrogens with two attached hydrogens (primary N) is 1. The highest BCUT2D eigenvalue weighted by Gasteiger charge is 2.20. The van der Waals surface area contributed by atoms with Gasteiger partial charge in [-0.3, -0.25) is 9.69 Å². The summed E-state index contributed by atoms with van der Waals surface area (Å²) in [6, 6.07) is 15.5. The second-order valence-corrected chi connectivity index (χ2v) is 8.17. The number of hydrogen-bond donors (Lipinski definition) is 2. The average Bonchev–Trinajstić information content (AvgIpc) is 3.18. The summed E-state index contributed by atoms with van der Waals surface area (Å²) in [6.07, 6.45) is 2.06. The zero-order chi connectivity index (χ0) is 20.1. The van der Waals surface area contributed by atoms with Crippen LogP contribution in [0.15, 0.2) is 48.5 Å². The minimum Gasteiger partial charge on any atom is -0.399 e. The van der Waals surface area contributed by atoms with Gasteiger partial charge >= 0.3 is 0 Å². The smallest absolute Gasteiger partial charge is 0.251 e. The van der Waals surface area contributed by atoms with Crippen molar-refractivity contribution in [1.29, 1.82) is 0 Å². The second-order valence-electron chi connectivity index (χ2n) is 7.42. The summed E-state index contributed by atoms with van der Waals surface area (Å²) < 4.78 is 4.57. The third-order valence-electron chi connectivity index (χ3n) is 5.36. The molecule has 0 unspecified atom stereocenters. The van der Waals surface area contributed by atoms with Crippen LogP contribution in [0.2, 0.25) is 0 Å². The molecule has 3 N–H and O–H groups in total. The molecule has 0 spiro atoms. The van der Waals surface area contributed by atoms with Crippen LogP contribution >= 0.6 is 11.5 Å². The third-order valence-corrected chi connectivity index (χ3v) is 6.30. The molecule has 0 radical (unpaired) electrons. The van der Waals surface area contributed by atoms with Gasteiger partial charge in [0.2, 0.25) is 0 Å². The van der Waals surface area contributed by atoms with E-state index in [4.69, 9.17) is 5.73 Å². The number of amides is 1. The molecule has 2 heterocycles. The lowest BCUT2D eigenvalue weighted by Gasteiger charge is -2.35. The molecule has 1 saturated heterocycles. The van der Waals surface area contributed by atoms with Crippen molar-refractivity contribution >= 4 is 39.0 Å². The number of nitrogens with zero attached hydrogens (tertiary/aromatic N) is 3. The zero-order valence-corrected chi connectivity index (χ0v) is 17.3. The summed E-state index contributed by atoms with van der Waals surface area (Å²) in [5.74, 6) is -0.0531. The number of rotatable bonds is 7. The predicted octanol–water partition coefficient (Wildman–Crippen LogP) is 3.21. The van der Waals surface area contributed by atoms with Gasteiger partial charge in [0.05, 0.1) is 5.52 Å². The Morgan fingerprint density at radius 1 is 1.07 bits per heavy atom. The first-order valence-corrected chi connectivity index (χ1v) is 10.9. The molecule has 0 bridgehead atoms. The van der Waals surface area contributed by atoms with Crippen molar-refractivity contribution in [2.75, 3.05) is 49.9 Å². The Labute approximate surface area is 175 Å². The normalized spacial score (nSPS) is 15.0. The first kappa shape index (κ1) is 19.7. The molecule has 0 aliphatic carbocycles. The van der Waals surface area contributed by atoms with Gasteiger partial charge < -0.3 is 16.0 Å². The molecule has 0 saturated carbocycles. The number of carbonyl (C=O) groups is 1. The molecule has 1 aliphatic heterocycles. The van der Waals surface area contributed by atoms with E-state index in [2.05, 4.69) is 37.7 Å². The Morgan fingerprint density at radius 3 is 2.72 bits per heavy atom. The van der Waals surface area contributed by atoms with E-state index in [0.29, 0.717) is 17.8 Å². The predicted molar refractivity (Wildman–Crippen MR) is 121 cm³/mol. The lowest BCUT2D eigenvalue weighted by atomic mass is 10.2. The maximum absolute atomic E-state index is 12.1. The number of piperazine rings is 1. The molecular formula is C22H27N5OS. The van der Waals surface area contributed by atoms with Gasteiger partial charge in [0.15, 0.2) is 0 Å². The number of nitrogens with one attached hydrogen (secondary N) is 1. The van der Waals surface area contributed by atoms with E-state index >= 15 is 0 Å². The van der Waals surface area contributed by atoms with Crippen molar-refractivity contribution in [2.45, 2.75) is 12.8 Å². The van der Waals surface area contributed by atoms with Crippen molar-refractivity contribution in [3.8, 4) is 0 Å². The summed E-state index contributed by atoms with van der Waals surface area (Å²) in [5, 5.41) is 5.54. The summed E-state index contributed by atoms with van der Waals surface area (Å²) in [6.45, 7) is 5.99. The number of unbranched alkanes of at least 4 members (excludes halogenated alkanes) is 1. The van der Waals surface area contributed by atoms with E-state index in [1.807, 2.05) is 6.07 Å². The van der Waals surface area contributed by atoms with Crippen molar-refractivity contribution in [3.63, 3.8) is 0 Å². The van der Waals surface area contributed by atoms with E-state index in [9.17, 15) is 4.79 Å². The van der Waals surface area contributed by atoms with Gasteiger partial charge in [-0.15, -0.1) is 0 Å². The van der Waals surface area contributed by atoms with Crippen molar-refractivity contribution in [1.82, 2.24) is 14.6 Å². The number of benzene rings is 2. The molecule has 7 heteroatoms. The Bertz CT molecular complexity index is 965. The van der Waals surface area contributed by atoms with E-state index < -0.39 is 0 Å². The topological polar surface area (TPSA) is 74.5 Å². The Balaban J connectivity index is 1.16. The van der Waals surface area contributed by atoms with Crippen molar-refractivity contribution < 1.29 is 4.79 Å². The second kappa shape index (κ2) is 9.24. The quantitative estimate of drug-likeness (QED) is 0.463. The van der Waals surface area contributed by atoms with E-state index in [0.717, 1.165) is 51.1 Å². The zero-order valence-electron chi connectivity index (χ0n) is 16.5. The van der Waals surface area contributed by atoms with Crippen LogP contribution in [-0.2, 0) is 0 Å². The van der Waals surface area contributed by atoms with Crippen LogP contribution in [0, 0.1) is 0 Å². The first-order valence-electron chi connectivity index (χ1n) is 10.2. The highest BCUT2D eigenvalue weighted by molar-refractivity contribution is 7.11. The summed E-state index contributed by atoms with van der Waals surface area (Å²) in [4.78, 5) is 17.1. The molecule has 1 amide bonds. The lowest BCUT2D eigenvalue weighted by Crippen LogP contribution is -2.46. The van der Waals surface area contributed by atoms with Gasteiger partial charge in [-0.1, -0.05) is 18.2 Å². The van der Waals surface area contributed by atoms with E-state index in [1.165, 1.54) is 10.4 Å². The summed E-state index contributed by atoms with van der Waals surface area (Å²) >= 11 is 1.61. The molecule has 29 heavy (non-hydrogen) atoms. The molecule has 2 aromatic carbocycles. The standard InChI is InChI=1S/C22H27N5OS/c23-18-7-5-6-17(16-18)21(28)24-10-3-4-11-26-12-14-27(15-13-26)22-19-8-1-2-9-20(19)25-29-22/h1-2,5-9,16H,3-4,10-15,23H2,(H,24,28). The minimum absolute atomic E-state index is 0.0531. The van der Waals surface area contributed by atoms with Crippen LogP contribution in [0.1, 0.15) is 23.2 Å². The molecule has 1 aliphatic rings. The van der Waals surface area contributed by atoms with Crippen LogP contribution in [0.25, 0.3) is 10.9 Å². The molecule has 1 aromatic heterocycles. The van der Waals surface area contributed by atoms with Gasteiger partial charge in [0.1, 0.15) is 5.00 Å². The number of anilines is 2. The first-order chi connectivity index (χ1) is 14.2. The number of hydrogen-bond acceptors (Lipinski definition) is 6. The van der Waals surface area contributed by atoms with E-state index in [-0.39, 0.29) is 5.91 Å². The highest BCUT2D eigenvalue weighted by Crippen LogP contribution is 2.31. The summed E-state index contributed by atoms with van der Waals surface area (Å²) in [5.41, 5.74) is 8.06. The minimum atomic E-state index is -0.0531. The average molecular weight is 410 g/mol. The van der Waals surface area contributed by atoms with Gasteiger partial charge in [0, 0.05) is 49.4 Å². The van der Waals surface area contributed by atoms with Crippen LogP contribution in [0.3, 0.4) is 0 Å². The molecule has 4 rings (SSSR count). The maximum atomic E-state index is 12.1. The van der Waals surface area contributed by atoms with Crippen LogP contribution in [-0.4, -0.2) is 54.4 Å². The van der Waals surface area contributed by atoms with Crippen LogP contribution < -0.4 is 16.0 Å². The molecule has 1 fully saturated rings. The Morgan fingerprint density at radius 2 is 1.90 bits per heavy atom. The van der Waals surface area contributed by atoms with Gasteiger partial charge in [-0.25, -0.2) is 0 Å². The monoisotopic (exact) mass is 409 g/mol. The lowest BCUT2D eigenvalue weighted by molar-refractivity contribution is 0.0952. The highest BCUT2D eigenvalue weighted by atomic mass is 32.1. The fraction of sp³-hybridized carbons (Fsp3) is 0.364. The third kappa shape index (κ3) is 4.86. The number of fused-ring (bicyclic) bond motifs is 1. The fourth-order valence-corrected chi connectivity index (χ4v) is 4.64. The van der Waals surface area contributed by atoms with Crippen LogP contribution in [0.4, 0.5) is 10.7 Å². The van der Waals surface area contributed by atoms with Crippen molar-refractivity contribution in [2.24, 2.45) is 0 Å². The number of aromatic nitrogens is 1. The molecular weight excluding hydrogens is 382 g/mol. The molecule has 0 atom stereocenters. The number of nitrogen functional groups attached to an aromatic ring is 1. The summed E-state index contributed by atoms with van der Waals surface area (Å²) in [7, 11) is 0. The largest absolute Gasteiger partial charge is 0.399 e. The van der Waals surface area contributed by atoms with Crippen molar-refractivity contribution in [3.05, 3.63) is 54.1 Å². The van der Waals surface area contributed by atoms with Crippen LogP contribution in [0.5, 0.6) is 0 Å². The Hall–Kier alpha value is -2.64. The number of carbonyl (C=O) groups excluding carboxylic acids is 1. The molecule has 3 aromatic rings. The molecule has 6 nitrogen and oxygen atoms in total. The van der Waals surface area contributed by atoms with E-state index in [1.54, 1.807) is 35.8 Å². The maximum Gasteiger partial charge on any atom is 0.251 e. The van der Waals surface area contributed by atoms with Gasteiger partial charge in [0.25, 0.3) is 5.91 Å². The van der Waals surface area contributed by atoms with Gasteiger partial charge in [-0.2, -0.15) is 4.37 Å². The fourth-order valence-electron chi connectivity index (χ4n) is 3.72. The SMILES string of the molecule is Nc1cccc(C(=O)NCCCCN2CCN(c3snc4ccccc34)CC2)c1. The van der Waals surface area contributed by atoms with Gasteiger partial charge in [-0.05, 0) is 61.3 Å². The Kier molecular flexibility index (Phi) is 6.27. The molecule has 152 valence electrons.